The van der Waals surface area contributed by atoms with Crippen LogP contribution < -0.4 is 4.74 Å². The van der Waals surface area contributed by atoms with Gasteiger partial charge in [0.25, 0.3) is 0 Å². The number of fused-ring (bicyclic) bond motifs is 4. The lowest BCUT2D eigenvalue weighted by atomic mass is 9.69. The number of rotatable bonds is 6. The van der Waals surface area contributed by atoms with Crippen molar-refractivity contribution in [1.82, 2.24) is 18.8 Å². The van der Waals surface area contributed by atoms with Crippen molar-refractivity contribution in [2.45, 2.75) is 42.7 Å². The van der Waals surface area contributed by atoms with Crippen molar-refractivity contribution in [1.29, 1.82) is 0 Å². The molecule has 1 saturated heterocycles. The summed E-state index contributed by atoms with van der Waals surface area (Å²) in [5.41, 5.74) is 4.80. The second-order valence-corrected chi connectivity index (χ2v) is 13.1. The van der Waals surface area contributed by atoms with Gasteiger partial charge >= 0.3 is 0 Å². The summed E-state index contributed by atoms with van der Waals surface area (Å²) >= 11 is 0. The first-order chi connectivity index (χ1) is 19.3. The van der Waals surface area contributed by atoms with Gasteiger partial charge in [-0.25, -0.2) is 8.42 Å². The van der Waals surface area contributed by atoms with Crippen molar-refractivity contribution in [3.8, 4) is 5.75 Å². The molecule has 0 bridgehead atoms. The molecular formula is C31H36N4O4S. The molecule has 1 fully saturated rings. The van der Waals surface area contributed by atoms with Crippen LogP contribution in [0.15, 0.2) is 71.9 Å². The van der Waals surface area contributed by atoms with Crippen LogP contribution in [0.5, 0.6) is 5.75 Å². The Kier molecular flexibility index (Phi) is 6.94. The minimum Gasteiger partial charge on any atom is -0.497 e. The minimum atomic E-state index is -3.87. The molecule has 1 N–H and O–H groups in total. The number of hydrogen-bond acceptors (Lipinski definition) is 6. The number of aliphatic hydroxyl groups excluding tert-OH is 1. The predicted molar refractivity (Wildman–Crippen MR) is 155 cm³/mol. The first kappa shape index (κ1) is 27.0. The Labute approximate surface area is 235 Å². The number of aliphatic hydroxyl groups is 1. The van der Waals surface area contributed by atoms with Crippen LogP contribution in [-0.4, -0.2) is 65.6 Å². The third kappa shape index (κ3) is 4.41. The first-order valence-corrected chi connectivity index (χ1v) is 15.2. The zero-order chi connectivity index (χ0) is 28.1. The summed E-state index contributed by atoms with van der Waals surface area (Å²) in [6.07, 6.45) is 5.31. The molecule has 6 rings (SSSR count). The van der Waals surface area contributed by atoms with Gasteiger partial charge in [0.2, 0.25) is 10.0 Å². The molecule has 4 aromatic rings. The predicted octanol–water partition coefficient (Wildman–Crippen LogP) is 4.16. The molecule has 8 nitrogen and oxygen atoms in total. The Morgan fingerprint density at radius 2 is 1.85 bits per heavy atom. The van der Waals surface area contributed by atoms with Crippen LogP contribution in [0.3, 0.4) is 0 Å². The van der Waals surface area contributed by atoms with Crippen molar-refractivity contribution < 1.29 is 18.3 Å². The highest BCUT2D eigenvalue weighted by molar-refractivity contribution is 7.89. The van der Waals surface area contributed by atoms with Crippen molar-refractivity contribution in [3.63, 3.8) is 0 Å². The summed E-state index contributed by atoms with van der Waals surface area (Å²) in [6.45, 7) is 4.45. The standard InChI is InChI=1S/C31H36N4O4S/c1-22-6-9-25(10-7-22)40(37,38)35-21-31(12-15-34(16-13-31)19-23-5-4-14-32-18-23)29-26-11-8-24(39-3)17-27(26)33(2)30(29)28(35)20-36/h4-11,14,17-18,28,36H,12-13,15-16,19-21H2,1-3H3/t28-/m0/s1. The van der Waals surface area contributed by atoms with Crippen LogP contribution in [0.1, 0.15) is 41.3 Å². The van der Waals surface area contributed by atoms with Gasteiger partial charge in [0, 0.05) is 55.1 Å². The van der Waals surface area contributed by atoms with E-state index in [1.807, 2.05) is 50.5 Å². The van der Waals surface area contributed by atoms with E-state index in [1.54, 1.807) is 29.7 Å². The number of methoxy groups -OCH3 is 1. The van der Waals surface area contributed by atoms with Crippen LogP contribution in [-0.2, 0) is 29.0 Å². The number of ether oxygens (including phenoxy) is 1. The summed E-state index contributed by atoms with van der Waals surface area (Å²) in [7, 11) is -0.256. The summed E-state index contributed by atoms with van der Waals surface area (Å²) in [5, 5.41) is 11.8. The van der Waals surface area contributed by atoms with E-state index in [0.29, 0.717) is 6.54 Å². The minimum absolute atomic E-state index is 0.254. The van der Waals surface area contributed by atoms with Gasteiger partial charge in [-0.15, -0.1) is 0 Å². The normalized spacial score (nSPS) is 19.6. The Morgan fingerprint density at radius 1 is 1.10 bits per heavy atom. The maximum absolute atomic E-state index is 14.2. The molecule has 0 aliphatic carbocycles. The molecule has 4 heterocycles. The Bertz CT molecular complexity index is 1630. The highest BCUT2D eigenvalue weighted by Gasteiger charge is 2.51. The van der Waals surface area contributed by atoms with E-state index >= 15 is 0 Å². The number of likely N-dealkylation sites (tertiary alicyclic amines) is 1. The number of nitrogens with zero attached hydrogens (tertiary/aromatic N) is 4. The van der Waals surface area contributed by atoms with Gasteiger partial charge in [-0.3, -0.25) is 9.88 Å². The third-order valence-corrected chi connectivity index (χ3v) is 10.7. The maximum Gasteiger partial charge on any atom is 0.243 e. The number of benzene rings is 2. The number of hydrogen-bond donors (Lipinski definition) is 1. The highest BCUT2D eigenvalue weighted by atomic mass is 32.2. The monoisotopic (exact) mass is 560 g/mol. The van der Waals surface area contributed by atoms with Gasteiger partial charge in [0.15, 0.2) is 0 Å². The summed E-state index contributed by atoms with van der Waals surface area (Å²) in [5.74, 6) is 0.746. The molecule has 9 heteroatoms. The molecule has 0 radical (unpaired) electrons. The van der Waals surface area contributed by atoms with Crippen molar-refractivity contribution in [2.75, 3.05) is 33.4 Å². The van der Waals surface area contributed by atoms with Gasteiger partial charge in [0.05, 0.1) is 30.2 Å². The number of aryl methyl sites for hydroxylation is 2. The molecule has 2 aliphatic heterocycles. The number of aromatic nitrogens is 2. The molecule has 2 aromatic carbocycles. The van der Waals surface area contributed by atoms with E-state index < -0.39 is 21.5 Å². The molecule has 0 unspecified atom stereocenters. The smallest absolute Gasteiger partial charge is 0.243 e. The molecule has 0 amide bonds. The van der Waals surface area contributed by atoms with E-state index in [4.69, 9.17) is 4.74 Å². The lowest BCUT2D eigenvalue weighted by molar-refractivity contribution is 0.0916. The Balaban J connectivity index is 1.47. The molecule has 210 valence electrons. The topological polar surface area (TPSA) is 87.9 Å². The number of sulfonamides is 1. The average molecular weight is 561 g/mol. The van der Waals surface area contributed by atoms with E-state index in [0.717, 1.165) is 60.4 Å². The van der Waals surface area contributed by atoms with Gasteiger partial charge in [-0.1, -0.05) is 23.8 Å². The van der Waals surface area contributed by atoms with Gasteiger partial charge in [-0.2, -0.15) is 4.31 Å². The average Bonchev–Trinajstić information content (AvgIpc) is 3.27. The maximum atomic E-state index is 14.2. The second-order valence-electron chi connectivity index (χ2n) is 11.2. The fourth-order valence-corrected chi connectivity index (χ4v) is 8.38. The summed E-state index contributed by atoms with van der Waals surface area (Å²) in [4.78, 5) is 6.94. The molecule has 1 spiro atoms. The van der Waals surface area contributed by atoms with Gasteiger partial charge in [-0.05, 0) is 74.3 Å². The number of pyridine rings is 1. The zero-order valence-corrected chi connectivity index (χ0v) is 24.1. The van der Waals surface area contributed by atoms with Crippen molar-refractivity contribution >= 4 is 20.9 Å². The molecule has 40 heavy (non-hydrogen) atoms. The fraction of sp³-hybridized carbons (Fsp3) is 0.387. The Morgan fingerprint density at radius 3 is 2.50 bits per heavy atom. The van der Waals surface area contributed by atoms with Crippen molar-refractivity contribution in [2.24, 2.45) is 7.05 Å². The fourth-order valence-electron chi connectivity index (χ4n) is 6.71. The largest absolute Gasteiger partial charge is 0.497 e. The van der Waals surface area contributed by atoms with Crippen LogP contribution in [0.2, 0.25) is 0 Å². The lowest BCUT2D eigenvalue weighted by Gasteiger charge is -2.50. The SMILES string of the molecule is COc1ccc2c3c(n(C)c2c1)[C@H](CO)N(S(=O)(=O)c1ccc(C)cc1)CC31CCN(Cc2cccnc2)CC1. The molecule has 0 saturated carbocycles. The van der Waals surface area contributed by atoms with E-state index in [-0.39, 0.29) is 11.5 Å². The zero-order valence-electron chi connectivity index (χ0n) is 23.2. The highest BCUT2D eigenvalue weighted by Crippen LogP contribution is 2.51. The lowest BCUT2D eigenvalue weighted by Crippen LogP contribution is -2.55. The summed E-state index contributed by atoms with van der Waals surface area (Å²) in [6, 6.07) is 16.4. The second kappa shape index (κ2) is 10.3. The van der Waals surface area contributed by atoms with E-state index in [1.165, 1.54) is 11.1 Å². The molecular weight excluding hydrogens is 524 g/mol. The van der Waals surface area contributed by atoms with E-state index in [9.17, 15) is 13.5 Å². The quantitative estimate of drug-likeness (QED) is 0.381. The van der Waals surface area contributed by atoms with Crippen LogP contribution in [0, 0.1) is 6.92 Å². The van der Waals surface area contributed by atoms with E-state index in [2.05, 4.69) is 26.6 Å². The Hall–Kier alpha value is -3.24. The van der Waals surface area contributed by atoms with Gasteiger partial charge in [0.1, 0.15) is 5.75 Å². The first-order valence-electron chi connectivity index (χ1n) is 13.7. The number of piperidine rings is 1. The third-order valence-electron chi connectivity index (χ3n) is 8.85. The van der Waals surface area contributed by atoms with Crippen LogP contribution in [0.25, 0.3) is 10.9 Å². The van der Waals surface area contributed by atoms with Crippen molar-refractivity contribution in [3.05, 3.63) is 89.4 Å². The summed E-state index contributed by atoms with van der Waals surface area (Å²) < 4.78 is 37.6. The molecule has 1 atom stereocenters. The van der Waals surface area contributed by atoms with Crippen LogP contribution >= 0.6 is 0 Å². The van der Waals surface area contributed by atoms with Crippen LogP contribution in [0.4, 0.5) is 0 Å². The molecule has 2 aliphatic rings. The molecule has 2 aromatic heterocycles. The van der Waals surface area contributed by atoms with Gasteiger partial charge < -0.3 is 14.4 Å².